The summed E-state index contributed by atoms with van der Waals surface area (Å²) in [5.74, 6) is 0.683. The Kier molecular flexibility index (Phi) is 7.04. The average Bonchev–Trinajstić information content (AvgIpc) is 2.52. The van der Waals surface area contributed by atoms with Crippen LogP contribution in [0.15, 0.2) is 0 Å². The predicted octanol–water partition coefficient (Wildman–Crippen LogP) is 1.36. The van der Waals surface area contributed by atoms with Crippen molar-refractivity contribution in [2.24, 2.45) is 11.8 Å². The normalized spacial score (nSPS) is 26.8. The van der Waals surface area contributed by atoms with E-state index in [1.165, 1.54) is 6.42 Å². The van der Waals surface area contributed by atoms with Crippen LogP contribution in [0.2, 0.25) is 0 Å². The molecule has 0 aromatic heterocycles. The highest BCUT2D eigenvalue weighted by Crippen LogP contribution is 2.22. The van der Waals surface area contributed by atoms with E-state index in [-0.39, 0.29) is 12.5 Å². The Morgan fingerprint density at radius 3 is 2.21 bits per heavy atom. The summed E-state index contributed by atoms with van der Waals surface area (Å²) in [4.78, 5) is 29.8. The molecule has 6 nitrogen and oxygen atoms in total. The quantitative estimate of drug-likeness (QED) is 0.792. The molecule has 0 aromatic carbocycles. The SMILES string of the molecule is CCN(CC(=O)O)C1CCN(CC(=O)N2CC(C)CC(C)C2)CC1. The highest BCUT2D eigenvalue weighted by atomic mass is 16.4. The third-order valence-electron chi connectivity index (χ3n) is 5.40. The highest BCUT2D eigenvalue weighted by Gasteiger charge is 2.29. The van der Waals surface area contributed by atoms with Gasteiger partial charge in [0.2, 0.25) is 5.91 Å². The number of carboxylic acids is 1. The van der Waals surface area contributed by atoms with Gasteiger partial charge in [-0.25, -0.2) is 0 Å². The Balaban J connectivity index is 1.78. The van der Waals surface area contributed by atoms with Crippen molar-refractivity contribution in [3.63, 3.8) is 0 Å². The standard InChI is InChI=1S/C18H33N3O3/c1-4-20(13-18(23)24)16-5-7-19(8-6-16)12-17(22)21-10-14(2)9-15(3)11-21/h14-16H,4-13H2,1-3H3,(H,23,24). The molecule has 0 spiro atoms. The molecule has 24 heavy (non-hydrogen) atoms. The van der Waals surface area contributed by atoms with Crippen LogP contribution in [0.25, 0.3) is 0 Å². The summed E-state index contributed by atoms with van der Waals surface area (Å²) < 4.78 is 0. The van der Waals surface area contributed by atoms with Gasteiger partial charge in [-0.2, -0.15) is 0 Å². The molecular formula is C18H33N3O3. The fourth-order valence-corrected chi connectivity index (χ4v) is 4.27. The topological polar surface area (TPSA) is 64.1 Å². The van der Waals surface area contributed by atoms with Gasteiger partial charge in [0, 0.05) is 32.2 Å². The van der Waals surface area contributed by atoms with Gasteiger partial charge < -0.3 is 10.0 Å². The van der Waals surface area contributed by atoms with E-state index in [2.05, 4.69) is 18.7 Å². The minimum Gasteiger partial charge on any atom is -0.480 e. The third kappa shape index (κ3) is 5.45. The van der Waals surface area contributed by atoms with Crippen molar-refractivity contribution in [1.82, 2.24) is 14.7 Å². The molecule has 1 N–H and O–H groups in total. The average molecular weight is 339 g/mol. The van der Waals surface area contributed by atoms with Crippen LogP contribution in [0.3, 0.4) is 0 Å². The molecule has 2 aliphatic rings. The first-order chi connectivity index (χ1) is 11.4. The zero-order valence-electron chi connectivity index (χ0n) is 15.4. The molecule has 2 rings (SSSR count). The molecule has 0 aromatic rings. The monoisotopic (exact) mass is 339 g/mol. The Bertz CT molecular complexity index is 425. The van der Waals surface area contributed by atoms with Gasteiger partial charge in [0.15, 0.2) is 0 Å². The van der Waals surface area contributed by atoms with Crippen LogP contribution < -0.4 is 0 Å². The summed E-state index contributed by atoms with van der Waals surface area (Å²) in [6, 6.07) is 0.326. The van der Waals surface area contributed by atoms with E-state index in [4.69, 9.17) is 5.11 Å². The van der Waals surface area contributed by atoms with E-state index in [0.29, 0.717) is 24.4 Å². The minimum absolute atomic E-state index is 0.115. The van der Waals surface area contributed by atoms with E-state index in [1.807, 2.05) is 16.7 Å². The van der Waals surface area contributed by atoms with Crippen molar-refractivity contribution in [3.8, 4) is 0 Å². The maximum Gasteiger partial charge on any atom is 0.317 e. The summed E-state index contributed by atoms with van der Waals surface area (Å²) in [5, 5.41) is 9.00. The second-order valence-electron chi connectivity index (χ2n) is 7.71. The number of amides is 1. The van der Waals surface area contributed by atoms with Gasteiger partial charge in [0.25, 0.3) is 0 Å². The molecule has 2 heterocycles. The Hall–Kier alpha value is -1.14. The third-order valence-corrected chi connectivity index (χ3v) is 5.40. The lowest BCUT2D eigenvalue weighted by Gasteiger charge is -2.39. The van der Waals surface area contributed by atoms with E-state index < -0.39 is 5.97 Å². The molecule has 2 atom stereocenters. The number of likely N-dealkylation sites (tertiary alicyclic amines) is 2. The summed E-state index contributed by atoms with van der Waals surface area (Å²) in [6.45, 7) is 11.4. The zero-order chi connectivity index (χ0) is 17.7. The van der Waals surface area contributed by atoms with Crippen LogP contribution in [0.5, 0.6) is 0 Å². The lowest BCUT2D eigenvalue weighted by Crippen LogP contribution is -2.51. The second kappa shape index (κ2) is 8.81. The fourth-order valence-electron chi connectivity index (χ4n) is 4.27. The first-order valence-electron chi connectivity index (χ1n) is 9.35. The number of carboxylic acid groups (broad SMARTS) is 1. The molecule has 2 fully saturated rings. The molecular weight excluding hydrogens is 306 g/mol. The van der Waals surface area contributed by atoms with Gasteiger partial charge >= 0.3 is 5.97 Å². The van der Waals surface area contributed by atoms with Gasteiger partial charge in [-0.15, -0.1) is 0 Å². The number of piperidine rings is 2. The summed E-state index contributed by atoms with van der Waals surface area (Å²) in [6.07, 6.45) is 3.11. The zero-order valence-corrected chi connectivity index (χ0v) is 15.4. The maximum absolute atomic E-state index is 12.6. The number of rotatable bonds is 6. The van der Waals surface area contributed by atoms with Crippen LogP contribution in [-0.2, 0) is 9.59 Å². The highest BCUT2D eigenvalue weighted by molar-refractivity contribution is 5.78. The number of hydrogen-bond acceptors (Lipinski definition) is 4. The van der Waals surface area contributed by atoms with E-state index in [1.54, 1.807) is 0 Å². The van der Waals surface area contributed by atoms with E-state index in [9.17, 15) is 9.59 Å². The molecule has 0 bridgehead atoms. The smallest absolute Gasteiger partial charge is 0.317 e. The lowest BCUT2D eigenvalue weighted by molar-refractivity contribution is -0.139. The van der Waals surface area contributed by atoms with Crippen molar-refractivity contribution in [1.29, 1.82) is 0 Å². The Morgan fingerprint density at radius 1 is 1.12 bits per heavy atom. The molecule has 1 amide bonds. The molecule has 0 saturated carbocycles. The molecule has 0 aliphatic carbocycles. The predicted molar refractivity (Wildman–Crippen MR) is 93.9 cm³/mol. The summed E-state index contributed by atoms with van der Waals surface area (Å²) in [5.41, 5.74) is 0. The second-order valence-corrected chi connectivity index (χ2v) is 7.71. The Labute approximate surface area is 145 Å². The van der Waals surface area contributed by atoms with Gasteiger partial charge in [-0.1, -0.05) is 20.8 Å². The summed E-state index contributed by atoms with van der Waals surface area (Å²) >= 11 is 0. The van der Waals surface area contributed by atoms with Gasteiger partial charge in [0.1, 0.15) is 0 Å². The van der Waals surface area contributed by atoms with Gasteiger partial charge in [-0.05, 0) is 37.6 Å². The lowest BCUT2D eigenvalue weighted by atomic mass is 9.92. The van der Waals surface area contributed by atoms with Crippen LogP contribution in [0, 0.1) is 11.8 Å². The number of hydrogen-bond donors (Lipinski definition) is 1. The van der Waals surface area contributed by atoms with Crippen molar-refractivity contribution < 1.29 is 14.7 Å². The number of carbonyl (C=O) groups is 2. The molecule has 0 radical (unpaired) electrons. The van der Waals surface area contributed by atoms with Gasteiger partial charge in [-0.3, -0.25) is 19.4 Å². The van der Waals surface area contributed by atoms with E-state index >= 15 is 0 Å². The molecule has 2 aliphatic heterocycles. The number of aliphatic carboxylic acids is 1. The molecule has 2 saturated heterocycles. The van der Waals surface area contributed by atoms with Gasteiger partial charge in [0.05, 0.1) is 13.1 Å². The van der Waals surface area contributed by atoms with Crippen LogP contribution in [0.4, 0.5) is 0 Å². The molecule has 138 valence electrons. The van der Waals surface area contributed by atoms with Crippen molar-refractivity contribution in [2.45, 2.75) is 46.1 Å². The minimum atomic E-state index is -0.761. The van der Waals surface area contributed by atoms with Crippen molar-refractivity contribution in [3.05, 3.63) is 0 Å². The number of carbonyl (C=O) groups excluding carboxylic acids is 1. The Morgan fingerprint density at radius 2 is 1.71 bits per heavy atom. The first kappa shape index (κ1) is 19.2. The fraction of sp³-hybridized carbons (Fsp3) is 0.889. The van der Waals surface area contributed by atoms with E-state index in [0.717, 1.165) is 45.6 Å². The largest absolute Gasteiger partial charge is 0.480 e. The number of likely N-dealkylation sites (N-methyl/N-ethyl adjacent to an activating group) is 1. The van der Waals surface area contributed by atoms with Crippen molar-refractivity contribution >= 4 is 11.9 Å². The number of nitrogens with zero attached hydrogens (tertiary/aromatic N) is 3. The maximum atomic E-state index is 12.6. The van der Waals surface area contributed by atoms with Crippen LogP contribution in [-0.4, -0.2) is 83.5 Å². The summed E-state index contributed by atoms with van der Waals surface area (Å²) in [7, 11) is 0. The molecule has 6 heteroatoms. The first-order valence-corrected chi connectivity index (χ1v) is 9.35. The molecule has 2 unspecified atom stereocenters. The van der Waals surface area contributed by atoms with Crippen molar-refractivity contribution in [2.75, 3.05) is 45.8 Å². The van der Waals surface area contributed by atoms with Crippen LogP contribution in [0.1, 0.15) is 40.0 Å². The van der Waals surface area contributed by atoms with Crippen LogP contribution >= 0.6 is 0 Å².